The summed E-state index contributed by atoms with van der Waals surface area (Å²) in [7, 11) is 0. The molecule has 1 fully saturated rings. The van der Waals surface area contributed by atoms with Crippen LogP contribution in [0, 0.1) is 5.92 Å². The molecule has 0 radical (unpaired) electrons. The van der Waals surface area contributed by atoms with Crippen LogP contribution in [0.2, 0.25) is 0 Å². The topological polar surface area (TPSA) is 64.4 Å². The van der Waals surface area contributed by atoms with Crippen LogP contribution in [-0.2, 0) is 9.53 Å². The number of hydrogen-bond acceptors (Lipinski definition) is 3. The Kier molecular flexibility index (Phi) is 6.42. The van der Waals surface area contributed by atoms with Gasteiger partial charge < -0.3 is 15.8 Å². The van der Waals surface area contributed by atoms with Gasteiger partial charge in [-0.2, -0.15) is 0 Å². The summed E-state index contributed by atoms with van der Waals surface area (Å²) in [6.07, 6.45) is 4.56. The Hall–Kier alpha value is -0.610. The van der Waals surface area contributed by atoms with Gasteiger partial charge in [0, 0.05) is 32.2 Å². The summed E-state index contributed by atoms with van der Waals surface area (Å²) < 4.78 is 5.28. The Morgan fingerprint density at radius 1 is 1.62 bits per heavy atom. The standard InChI is InChI=1S/C12H24N2O2/c1-2-3-11(13)8-12(15)14-6-4-10-5-7-16-9-10/h10-11H,2-9,13H2,1H3,(H,14,15). The Morgan fingerprint density at radius 3 is 3.06 bits per heavy atom. The van der Waals surface area contributed by atoms with E-state index in [-0.39, 0.29) is 11.9 Å². The first kappa shape index (κ1) is 13.5. The number of carbonyl (C=O) groups is 1. The van der Waals surface area contributed by atoms with Crippen molar-refractivity contribution in [3.05, 3.63) is 0 Å². The van der Waals surface area contributed by atoms with Crippen LogP contribution in [0.4, 0.5) is 0 Å². The number of nitrogens with one attached hydrogen (secondary N) is 1. The van der Waals surface area contributed by atoms with Gasteiger partial charge in [-0.15, -0.1) is 0 Å². The predicted octanol–water partition coefficient (Wildman–Crippen LogP) is 1.05. The Balaban J connectivity index is 2.01. The molecule has 1 aliphatic rings. The second kappa shape index (κ2) is 7.63. The molecule has 1 heterocycles. The van der Waals surface area contributed by atoms with E-state index < -0.39 is 0 Å². The average Bonchev–Trinajstić information content (AvgIpc) is 2.70. The molecule has 94 valence electrons. The van der Waals surface area contributed by atoms with Crippen molar-refractivity contribution in [1.29, 1.82) is 0 Å². The SMILES string of the molecule is CCCC(N)CC(=O)NCCC1CCOC1. The summed E-state index contributed by atoms with van der Waals surface area (Å²) in [6, 6.07) is 0.0137. The van der Waals surface area contributed by atoms with E-state index in [4.69, 9.17) is 10.5 Å². The maximum absolute atomic E-state index is 11.5. The first-order valence-electron chi connectivity index (χ1n) is 6.32. The quantitative estimate of drug-likeness (QED) is 0.684. The van der Waals surface area contributed by atoms with Crippen LogP contribution in [0.15, 0.2) is 0 Å². The lowest BCUT2D eigenvalue weighted by Gasteiger charge is -2.11. The minimum atomic E-state index is 0.0137. The highest BCUT2D eigenvalue weighted by Gasteiger charge is 2.15. The number of carbonyl (C=O) groups excluding carboxylic acids is 1. The van der Waals surface area contributed by atoms with Crippen LogP contribution in [0.25, 0.3) is 0 Å². The van der Waals surface area contributed by atoms with Crippen LogP contribution < -0.4 is 11.1 Å². The van der Waals surface area contributed by atoms with E-state index in [1.807, 2.05) is 0 Å². The van der Waals surface area contributed by atoms with Gasteiger partial charge in [0.05, 0.1) is 0 Å². The summed E-state index contributed by atoms with van der Waals surface area (Å²) in [4.78, 5) is 11.5. The van der Waals surface area contributed by atoms with Gasteiger partial charge >= 0.3 is 0 Å². The predicted molar refractivity (Wildman–Crippen MR) is 64.1 cm³/mol. The fraction of sp³-hybridized carbons (Fsp3) is 0.917. The van der Waals surface area contributed by atoms with Gasteiger partial charge in [0.2, 0.25) is 5.91 Å². The Bertz CT molecular complexity index is 203. The van der Waals surface area contributed by atoms with Crippen LogP contribution in [0.5, 0.6) is 0 Å². The van der Waals surface area contributed by atoms with Gasteiger partial charge in [0.25, 0.3) is 0 Å². The molecule has 2 atom stereocenters. The molecular weight excluding hydrogens is 204 g/mol. The normalized spacial score (nSPS) is 22.0. The van der Waals surface area contributed by atoms with Gasteiger partial charge in [0.1, 0.15) is 0 Å². The number of amides is 1. The lowest BCUT2D eigenvalue weighted by Crippen LogP contribution is -2.32. The minimum Gasteiger partial charge on any atom is -0.381 e. The molecule has 1 saturated heterocycles. The lowest BCUT2D eigenvalue weighted by atomic mass is 10.1. The zero-order chi connectivity index (χ0) is 11.8. The minimum absolute atomic E-state index is 0.0137. The van der Waals surface area contributed by atoms with Gasteiger partial charge in [-0.1, -0.05) is 13.3 Å². The van der Waals surface area contributed by atoms with Crippen LogP contribution in [0.1, 0.15) is 39.0 Å². The zero-order valence-corrected chi connectivity index (χ0v) is 10.2. The van der Waals surface area contributed by atoms with Gasteiger partial charge in [-0.3, -0.25) is 4.79 Å². The van der Waals surface area contributed by atoms with Gasteiger partial charge in [-0.25, -0.2) is 0 Å². The van der Waals surface area contributed by atoms with Crippen LogP contribution in [-0.4, -0.2) is 31.7 Å². The fourth-order valence-corrected chi connectivity index (χ4v) is 2.01. The summed E-state index contributed by atoms with van der Waals surface area (Å²) in [5, 5.41) is 2.92. The second-order valence-electron chi connectivity index (χ2n) is 4.62. The largest absolute Gasteiger partial charge is 0.381 e. The number of hydrogen-bond donors (Lipinski definition) is 2. The molecule has 3 N–H and O–H groups in total. The van der Waals surface area contributed by atoms with E-state index in [9.17, 15) is 4.79 Å². The highest BCUT2D eigenvalue weighted by atomic mass is 16.5. The Labute approximate surface area is 97.9 Å². The van der Waals surface area contributed by atoms with E-state index in [2.05, 4.69) is 12.2 Å². The highest BCUT2D eigenvalue weighted by molar-refractivity contribution is 5.76. The molecule has 16 heavy (non-hydrogen) atoms. The fourth-order valence-electron chi connectivity index (χ4n) is 2.01. The summed E-state index contributed by atoms with van der Waals surface area (Å²) >= 11 is 0. The van der Waals surface area contributed by atoms with E-state index in [0.717, 1.165) is 45.4 Å². The number of rotatable bonds is 7. The molecule has 4 heteroatoms. The third-order valence-corrected chi connectivity index (χ3v) is 3.01. The molecule has 0 spiro atoms. The first-order valence-corrected chi connectivity index (χ1v) is 6.32. The molecule has 2 unspecified atom stereocenters. The van der Waals surface area contributed by atoms with E-state index >= 15 is 0 Å². The van der Waals surface area contributed by atoms with Crippen molar-refractivity contribution in [1.82, 2.24) is 5.32 Å². The summed E-state index contributed by atoms with van der Waals surface area (Å²) in [6.45, 7) is 4.56. The van der Waals surface area contributed by atoms with Crippen molar-refractivity contribution in [3.63, 3.8) is 0 Å². The lowest BCUT2D eigenvalue weighted by molar-refractivity contribution is -0.121. The molecular formula is C12H24N2O2. The number of nitrogens with two attached hydrogens (primary N) is 1. The van der Waals surface area contributed by atoms with E-state index in [1.165, 1.54) is 0 Å². The second-order valence-corrected chi connectivity index (χ2v) is 4.62. The van der Waals surface area contributed by atoms with Crippen molar-refractivity contribution in [2.75, 3.05) is 19.8 Å². The van der Waals surface area contributed by atoms with Crippen molar-refractivity contribution in [2.24, 2.45) is 11.7 Å². The molecule has 0 bridgehead atoms. The smallest absolute Gasteiger partial charge is 0.221 e. The molecule has 0 saturated carbocycles. The summed E-state index contributed by atoms with van der Waals surface area (Å²) in [5.41, 5.74) is 5.80. The molecule has 0 aromatic carbocycles. The van der Waals surface area contributed by atoms with Gasteiger partial charge in [-0.05, 0) is 25.2 Å². The zero-order valence-electron chi connectivity index (χ0n) is 10.2. The highest BCUT2D eigenvalue weighted by Crippen LogP contribution is 2.15. The Morgan fingerprint density at radius 2 is 2.44 bits per heavy atom. The van der Waals surface area contributed by atoms with Crippen molar-refractivity contribution < 1.29 is 9.53 Å². The third-order valence-electron chi connectivity index (χ3n) is 3.01. The third kappa shape index (κ3) is 5.47. The van der Waals surface area contributed by atoms with Crippen molar-refractivity contribution >= 4 is 5.91 Å². The molecule has 1 aliphatic heterocycles. The molecule has 1 amide bonds. The van der Waals surface area contributed by atoms with E-state index in [0.29, 0.717) is 12.3 Å². The monoisotopic (exact) mass is 228 g/mol. The van der Waals surface area contributed by atoms with Crippen molar-refractivity contribution in [3.8, 4) is 0 Å². The van der Waals surface area contributed by atoms with Gasteiger partial charge in [0.15, 0.2) is 0 Å². The average molecular weight is 228 g/mol. The van der Waals surface area contributed by atoms with Crippen LogP contribution in [0.3, 0.4) is 0 Å². The summed E-state index contributed by atoms with van der Waals surface area (Å²) in [5.74, 6) is 0.712. The van der Waals surface area contributed by atoms with Crippen molar-refractivity contribution in [2.45, 2.75) is 45.1 Å². The maximum Gasteiger partial charge on any atom is 0.221 e. The molecule has 0 aromatic rings. The van der Waals surface area contributed by atoms with E-state index in [1.54, 1.807) is 0 Å². The molecule has 4 nitrogen and oxygen atoms in total. The first-order chi connectivity index (χ1) is 7.72. The number of ether oxygens (including phenoxy) is 1. The molecule has 0 aliphatic carbocycles. The maximum atomic E-state index is 11.5. The molecule has 0 aromatic heterocycles. The molecule has 1 rings (SSSR count). The van der Waals surface area contributed by atoms with Crippen LogP contribution >= 0.6 is 0 Å².